The number of ether oxygens (including phenoxy) is 2. The van der Waals surface area contributed by atoms with E-state index in [1.165, 1.54) is 0 Å². The van der Waals surface area contributed by atoms with E-state index in [1.54, 1.807) is 30.4 Å². The summed E-state index contributed by atoms with van der Waals surface area (Å²) in [5, 5.41) is 0. The Bertz CT molecular complexity index is 1380. The fraction of sp³-hybridized carbons (Fsp3) is 0.310. The van der Waals surface area contributed by atoms with E-state index in [0.29, 0.717) is 19.7 Å². The Morgan fingerprint density at radius 2 is 1.76 bits per heavy atom. The maximum Gasteiger partial charge on any atom is 0.248 e. The normalized spacial score (nSPS) is 12.2. The number of carbonyl (C=O) groups excluding carboxylic acids is 1. The van der Waals surface area contributed by atoms with Gasteiger partial charge in [0.15, 0.2) is 0 Å². The molecule has 0 aliphatic carbocycles. The number of likely N-dealkylation sites (N-methyl/N-ethyl adjacent to an activating group) is 2. The fourth-order valence-electron chi connectivity index (χ4n) is 4.22. The fourth-order valence-corrected chi connectivity index (χ4v) is 5.44. The molecule has 0 saturated carbocycles. The van der Waals surface area contributed by atoms with Crippen molar-refractivity contribution in [2.75, 3.05) is 41.0 Å². The Balaban J connectivity index is 1.23. The van der Waals surface area contributed by atoms with Crippen molar-refractivity contribution in [3.05, 3.63) is 83.7 Å². The zero-order chi connectivity index (χ0) is 27.2. The first-order chi connectivity index (χ1) is 18.3. The topological polar surface area (TPSA) is 76.4 Å². The number of fused-ring (bicyclic) bond motifs is 1. The smallest absolute Gasteiger partial charge is 0.248 e. The molecule has 200 valence electrons. The minimum Gasteiger partial charge on any atom is -0.497 e. The van der Waals surface area contributed by atoms with Crippen LogP contribution in [0.1, 0.15) is 16.7 Å². The number of aromatic nitrogens is 2. The number of imidazole rings is 1. The summed E-state index contributed by atoms with van der Waals surface area (Å²) in [5.41, 5.74) is 5.68. The molecular formula is C29H34N4O4S. The third kappa shape index (κ3) is 6.48. The van der Waals surface area contributed by atoms with Crippen LogP contribution in [0.2, 0.25) is 0 Å². The molecule has 0 spiro atoms. The van der Waals surface area contributed by atoms with Crippen LogP contribution in [-0.2, 0) is 27.1 Å². The summed E-state index contributed by atoms with van der Waals surface area (Å²) in [5.74, 6) is 0.636. The number of pyridine rings is 1. The van der Waals surface area contributed by atoms with Crippen molar-refractivity contribution in [2.24, 2.45) is 0 Å². The molecule has 0 fully saturated rings. The number of hydrogen-bond donors (Lipinski definition) is 0. The lowest BCUT2D eigenvalue weighted by Crippen LogP contribution is -2.32. The predicted octanol–water partition coefficient (Wildman–Crippen LogP) is 4.26. The van der Waals surface area contributed by atoms with Gasteiger partial charge in [-0.25, -0.2) is 13.5 Å². The van der Waals surface area contributed by atoms with Crippen molar-refractivity contribution in [3.8, 4) is 17.0 Å². The van der Waals surface area contributed by atoms with Crippen LogP contribution in [0.15, 0.2) is 71.9 Å². The number of carbonyl (C=O) groups is 1. The monoisotopic (exact) mass is 534 g/mol. The minimum absolute atomic E-state index is 0.0309. The molecule has 0 radical (unpaired) electrons. The molecule has 2 aromatic heterocycles. The number of rotatable bonds is 11. The summed E-state index contributed by atoms with van der Waals surface area (Å²) in [7, 11) is 3.83. The number of hydrogen-bond acceptors (Lipinski definition) is 5. The van der Waals surface area contributed by atoms with E-state index >= 15 is 0 Å². The van der Waals surface area contributed by atoms with Crippen molar-refractivity contribution in [1.29, 1.82) is 0 Å². The van der Waals surface area contributed by atoms with Crippen LogP contribution in [0, 0.1) is 13.8 Å². The molecule has 1 amide bonds. The lowest BCUT2D eigenvalue weighted by atomic mass is 10.1. The number of aryl methyl sites for hydroxylation is 2. The van der Waals surface area contributed by atoms with E-state index in [2.05, 4.69) is 4.98 Å². The maximum absolute atomic E-state index is 13.0. The van der Waals surface area contributed by atoms with Crippen molar-refractivity contribution >= 4 is 22.5 Å². The third-order valence-corrected chi connectivity index (χ3v) is 8.10. The molecule has 0 aliphatic rings. The number of methoxy groups -OCH3 is 1. The van der Waals surface area contributed by atoms with E-state index in [-0.39, 0.29) is 12.5 Å². The van der Waals surface area contributed by atoms with Gasteiger partial charge in [-0.05, 0) is 54.8 Å². The van der Waals surface area contributed by atoms with Gasteiger partial charge in [-0.3, -0.25) is 4.79 Å². The molecular weight excluding hydrogens is 500 g/mol. The van der Waals surface area contributed by atoms with E-state index in [1.807, 2.05) is 85.2 Å². The lowest BCUT2D eigenvalue weighted by molar-refractivity contribution is -0.135. The average molecular weight is 535 g/mol. The molecule has 2 aromatic carbocycles. The molecule has 0 bridgehead atoms. The van der Waals surface area contributed by atoms with Crippen LogP contribution in [-0.4, -0.2) is 69.7 Å². The quantitative estimate of drug-likeness (QED) is 0.269. The van der Waals surface area contributed by atoms with Gasteiger partial charge in [0.1, 0.15) is 29.0 Å². The van der Waals surface area contributed by atoms with Crippen LogP contribution in [0.3, 0.4) is 0 Å². The van der Waals surface area contributed by atoms with Crippen molar-refractivity contribution in [1.82, 2.24) is 18.6 Å². The Hall–Kier alpha value is -3.53. The first kappa shape index (κ1) is 27.5. The Morgan fingerprint density at radius 1 is 1.05 bits per heavy atom. The zero-order valence-electron chi connectivity index (χ0n) is 22.5. The second kappa shape index (κ2) is 12.3. The largest absolute Gasteiger partial charge is 0.497 e. The summed E-state index contributed by atoms with van der Waals surface area (Å²) < 4.78 is 27.7. The standard InChI is InChI=1S/C29H34N4O4S/c1-21-16-25(36-5)17-22(2)29(21)38(35)32(4)14-15-37-20-28(34)31(3)18-23-9-11-24(12-10-23)26-19-33-13-7-6-8-27(33)30-26/h6-13,16-17,19H,14-15,18,20H2,1-5H3. The molecule has 0 saturated heterocycles. The van der Waals surface area contributed by atoms with Crippen LogP contribution in [0.4, 0.5) is 0 Å². The lowest BCUT2D eigenvalue weighted by Gasteiger charge is -2.20. The number of nitrogens with zero attached hydrogens (tertiary/aromatic N) is 4. The van der Waals surface area contributed by atoms with Gasteiger partial charge in [0.05, 0.1) is 24.3 Å². The van der Waals surface area contributed by atoms with Crippen molar-refractivity contribution in [3.63, 3.8) is 0 Å². The second-order valence-electron chi connectivity index (χ2n) is 9.28. The predicted molar refractivity (Wildman–Crippen MR) is 149 cm³/mol. The van der Waals surface area contributed by atoms with E-state index < -0.39 is 11.0 Å². The van der Waals surface area contributed by atoms with Crippen molar-refractivity contribution < 1.29 is 18.5 Å². The molecule has 38 heavy (non-hydrogen) atoms. The molecule has 1 unspecified atom stereocenters. The summed E-state index contributed by atoms with van der Waals surface area (Å²) in [6.45, 7) is 5.02. The molecule has 8 nitrogen and oxygen atoms in total. The molecule has 9 heteroatoms. The SMILES string of the molecule is COc1cc(C)c(S(=O)N(C)CCOCC(=O)N(C)Cc2ccc(-c3cn4ccccc4n3)cc2)c(C)c1. The van der Waals surface area contributed by atoms with Gasteiger partial charge in [0.2, 0.25) is 5.91 Å². The first-order valence-corrected chi connectivity index (χ1v) is 13.5. The molecule has 0 N–H and O–H groups in total. The highest BCUT2D eigenvalue weighted by molar-refractivity contribution is 7.82. The highest BCUT2D eigenvalue weighted by Crippen LogP contribution is 2.25. The van der Waals surface area contributed by atoms with Gasteiger partial charge in [0, 0.05) is 45.1 Å². The first-order valence-electron chi connectivity index (χ1n) is 12.4. The molecule has 4 aromatic rings. The molecule has 4 rings (SSSR count). The third-order valence-electron chi connectivity index (χ3n) is 6.36. The number of amides is 1. The summed E-state index contributed by atoms with van der Waals surface area (Å²) >= 11 is 0. The Morgan fingerprint density at radius 3 is 2.42 bits per heavy atom. The summed E-state index contributed by atoms with van der Waals surface area (Å²) in [4.78, 5) is 19.7. The maximum atomic E-state index is 13.0. The van der Waals surface area contributed by atoms with E-state index in [0.717, 1.165) is 44.2 Å². The highest BCUT2D eigenvalue weighted by atomic mass is 32.2. The van der Waals surface area contributed by atoms with Gasteiger partial charge in [-0.1, -0.05) is 30.3 Å². The van der Waals surface area contributed by atoms with Gasteiger partial charge in [-0.2, -0.15) is 0 Å². The second-order valence-corrected chi connectivity index (χ2v) is 10.8. The summed E-state index contributed by atoms with van der Waals surface area (Å²) in [6.07, 6.45) is 3.98. The van der Waals surface area contributed by atoms with E-state index in [4.69, 9.17) is 9.47 Å². The molecule has 1 atom stereocenters. The Kier molecular flexibility index (Phi) is 8.93. The molecule has 0 aliphatic heterocycles. The van der Waals surface area contributed by atoms with Gasteiger partial charge in [0.25, 0.3) is 0 Å². The molecule has 2 heterocycles. The summed E-state index contributed by atoms with van der Waals surface area (Å²) in [6, 6.07) is 17.7. The van der Waals surface area contributed by atoms with E-state index in [9.17, 15) is 9.00 Å². The zero-order valence-corrected chi connectivity index (χ0v) is 23.3. The van der Waals surface area contributed by atoms with Crippen molar-refractivity contribution in [2.45, 2.75) is 25.3 Å². The van der Waals surface area contributed by atoms with Crippen LogP contribution in [0.5, 0.6) is 5.75 Å². The van der Waals surface area contributed by atoms with Crippen LogP contribution in [0.25, 0.3) is 16.9 Å². The van der Waals surface area contributed by atoms with Gasteiger partial charge < -0.3 is 18.8 Å². The van der Waals surface area contributed by atoms with Crippen LogP contribution >= 0.6 is 0 Å². The van der Waals surface area contributed by atoms with Gasteiger partial charge in [-0.15, -0.1) is 0 Å². The van der Waals surface area contributed by atoms with Crippen LogP contribution < -0.4 is 4.74 Å². The number of benzene rings is 2. The van der Waals surface area contributed by atoms with Gasteiger partial charge >= 0.3 is 0 Å². The average Bonchev–Trinajstić information content (AvgIpc) is 3.35. The minimum atomic E-state index is -1.34. The Labute approximate surface area is 226 Å². The highest BCUT2D eigenvalue weighted by Gasteiger charge is 2.17.